The fourth-order valence-electron chi connectivity index (χ4n) is 2.51. The molecule has 1 atom stereocenters. The minimum absolute atomic E-state index is 0.117. The summed E-state index contributed by atoms with van der Waals surface area (Å²) in [6, 6.07) is 7.92. The van der Waals surface area contributed by atoms with Gasteiger partial charge in [-0.05, 0) is 49.9 Å². The molecule has 0 saturated heterocycles. The number of aryl methyl sites for hydroxylation is 2. The summed E-state index contributed by atoms with van der Waals surface area (Å²) in [7, 11) is 1.98. The Morgan fingerprint density at radius 3 is 2.45 bits per heavy atom. The van der Waals surface area contributed by atoms with E-state index in [2.05, 4.69) is 24.4 Å². The van der Waals surface area contributed by atoms with E-state index in [1.165, 1.54) is 11.3 Å². The second-order valence-electron chi connectivity index (χ2n) is 5.08. The molecule has 0 bridgehead atoms. The van der Waals surface area contributed by atoms with E-state index in [-0.39, 0.29) is 6.04 Å². The fourth-order valence-corrected chi connectivity index (χ4v) is 2.64. The number of rotatable bonds is 5. The molecule has 1 unspecified atom stereocenters. The zero-order chi connectivity index (χ0) is 14.7. The average Bonchev–Trinajstić information content (AvgIpc) is 2.67. The minimum atomic E-state index is 0.117. The van der Waals surface area contributed by atoms with Gasteiger partial charge in [-0.2, -0.15) is 5.10 Å². The lowest BCUT2D eigenvalue weighted by atomic mass is 9.98. The van der Waals surface area contributed by atoms with Gasteiger partial charge < -0.3 is 0 Å². The number of nitrogens with two attached hydrogens (primary N) is 1. The highest BCUT2D eigenvalue weighted by molar-refractivity contribution is 6.30. The van der Waals surface area contributed by atoms with E-state index in [1.807, 2.05) is 36.0 Å². The third kappa shape index (κ3) is 3.20. The van der Waals surface area contributed by atoms with Gasteiger partial charge in [-0.3, -0.25) is 16.0 Å². The normalized spacial score (nSPS) is 12.7. The van der Waals surface area contributed by atoms with Crippen LogP contribution in [0.4, 0.5) is 0 Å². The predicted octanol–water partition coefficient (Wildman–Crippen LogP) is 2.83. The number of benzene rings is 1. The van der Waals surface area contributed by atoms with Crippen LogP contribution >= 0.6 is 11.6 Å². The molecule has 3 N–H and O–H groups in total. The number of hydrazine groups is 1. The van der Waals surface area contributed by atoms with Crippen LogP contribution in [0.3, 0.4) is 0 Å². The van der Waals surface area contributed by atoms with E-state index in [1.54, 1.807) is 0 Å². The van der Waals surface area contributed by atoms with Gasteiger partial charge in [0.05, 0.1) is 5.69 Å². The van der Waals surface area contributed by atoms with Crippen molar-refractivity contribution in [3.8, 4) is 0 Å². The van der Waals surface area contributed by atoms with Crippen LogP contribution in [0.1, 0.15) is 35.0 Å². The smallest absolute Gasteiger partial charge is 0.0628 e. The molecular formula is C15H21ClN4. The van der Waals surface area contributed by atoms with Crippen molar-refractivity contribution in [2.45, 2.75) is 32.7 Å². The lowest BCUT2D eigenvalue weighted by Gasteiger charge is -2.16. The lowest BCUT2D eigenvalue weighted by molar-refractivity contribution is 0.515. The Labute approximate surface area is 124 Å². The fraction of sp³-hybridized carbons (Fsp3) is 0.400. The molecule has 1 aromatic carbocycles. The third-order valence-corrected chi connectivity index (χ3v) is 4.07. The summed E-state index contributed by atoms with van der Waals surface area (Å²) in [5, 5.41) is 5.19. The zero-order valence-corrected chi connectivity index (χ0v) is 12.9. The molecule has 0 fully saturated rings. The van der Waals surface area contributed by atoms with Gasteiger partial charge >= 0.3 is 0 Å². The number of nitrogens with zero attached hydrogens (tertiary/aromatic N) is 2. The van der Waals surface area contributed by atoms with Crippen LogP contribution < -0.4 is 11.3 Å². The topological polar surface area (TPSA) is 55.9 Å². The van der Waals surface area contributed by atoms with Crippen LogP contribution in [-0.2, 0) is 13.5 Å². The molecule has 2 rings (SSSR count). The van der Waals surface area contributed by atoms with Crippen molar-refractivity contribution in [1.82, 2.24) is 15.2 Å². The van der Waals surface area contributed by atoms with Crippen molar-refractivity contribution in [3.63, 3.8) is 0 Å². The molecule has 0 radical (unpaired) electrons. The quantitative estimate of drug-likeness (QED) is 0.658. The summed E-state index contributed by atoms with van der Waals surface area (Å²) < 4.78 is 1.93. The third-order valence-electron chi connectivity index (χ3n) is 3.82. The first kappa shape index (κ1) is 15.0. The first-order valence-electron chi connectivity index (χ1n) is 6.73. The van der Waals surface area contributed by atoms with Gasteiger partial charge in [0, 0.05) is 23.8 Å². The number of hydrogen-bond donors (Lipinski definition) is 2. The van der Waals surface area contributed by atoms with E-state index in [0.717, 1.165) is 29.1 Å². The van der Waals surface area contributed by atoms with Crippen molar-refractivity contribution < 1.29 is 0 Å². The summed E-state index contributed by atoms with van der Waals surface area (Å²) in [5.41, 5.74) is 7.65. The Balaban J connectivity index is 2.09. The highest BCUT2D eigenvalue weighted by Gasteiger charge is 2.14. The molecule has 0 aliphatic heterocycles. The first-order valence-corrected chi connectivity index (χ1v) is 7.11. The van der Waals surface area contributed by atoms with Crippen LogP contribution in [-0.4, -0.2) is 9.78 Å². The van der Waals surface area contributed by atoms with Crippen LogP contribution in [0.25, 0.3) is 0 Å². The van der Waals surface area contributed by atoms with E-state index in [9.17, 15) is 0 Å². The molecule has 2 aromatic rings. The van der Waals surface area contributed by atoms with Gasteiger partial charge in [0.25, 0.3) is 0 Å². The molecule has 0 aliphatic carbocycles. The summed E-state index contributed by atoms with van der Waals surface area (Å²) in [4.78, 5) is 0. The van der Waals surface area contributed by atoms with Crippen molar-refractivity contribution in [2.24, 2.45) is 12.9 Å². The maximum atomic E-state index is 5.91. The summed E-state index contributed by atoms with van der Waals surface area (Å²) in [6.45, 7) is 4.15. The molecule has 0 aliphatic rings. The maximum absolute atomic E-state index is 5.91. The monoisotopic (exact) mass is 292 g/mol. The van der Waals surface area contributed by atoms with Crippen LogP contribution in [0.15, 0.2) is 24.3 Å². The number of nitrogens with one attached hydrogen (secondary N) is 1. The Bertz CT molecular complexity index is 574. The Kier molecular flexibility index (Phi) is 4.81. The van der Waals surface area contributed by atoms with Gasteiger partial charge in [0.2, 0.25) is 0 Å². The van der Waals surface area contributed by atoms with Gasteiger partial charge in [-0.25, -0.2) is 0 Å². The van der Waals surface area contributed by atoms with Crippen LogP contribution in [0.5, 0.6) is 0 Å². The number of hydrogen-bond acceptors (Lipinski definition) is 3. The molecule has 20 heavy (non-hydrogen) atoms. The van der Waals surface area contributed by atoms with Gasteiger partial charge in [0.15, 0.2) is 0 Å². The van der Waals surface area contributed by atoms with Gasteiger partial charge in [-0.1, -0.05) is 23.7 Å². The van der Waals surface area contributed by atoms with Crippen molar-refractivity contribution in [2.75, 3.05) is 0 Å². The molecule has 0 saturated carbocycles. The molecule has 0 spiro atoms. The molecule has 4 nitrogen and oxygen atoms in total. The molecule has 108 valence electrons. The molecule has 0 amide bonds. The summed E-state index contributed by atoms with van der Waals surface area (Å²) in [5.74, 6) is 5.68. The number of halogens is 1. The highest BCUT2D eigenvalue weighted by atomic mass is 35.5. The maximum Gasteiger partial charge on any atom is 0.0628 e. The van der Waals surface area contributed by atoms with E-state index in [4.69, 9.17) is 17.4 Å². The number of aromatic nitrogens is 2. The lowest BCUT2D eigenvalue weighted by Crippen LogP contribution is -2.28. The van der Waals surface area contributed by atoms with E-state index < -0.39 is 0 Å². The first-order chi connectivity index (χ1) is 9.52. The second-order valence-corrected chi connectivity index (χ2v) is 5.52. The molecule has 5 heteroatoms. The van der Waals surface area contributed by atoms with Crippen LogP contribution in [0, 0.1) is 13.8 Å². The molecular weight excluding hydrogens is 272 g/mol. The zero-order valence-electron chi connectivity index (χ0n) is 12.2. The Morgan fingerprint density at radius 2 is 1.95 bits per heavy atom. The highest BCUT2D eigenvalue weighted by Crippen LogP contribution is 2.22. The molecule has 1 heterocycles. The van der Waals surface area contributed by atoms with Crippen molar-refractivity contribution >= 4 is 11.6 Å². The Morgan fingerprint density at radius 1 is 1.30 bits per heavy atom. The van der Waals surface area contributed by atoms with Crippen molar-refractivity contribution in [3.05, 3.63) is 51.8 Å². The SMILES string of the molecule is Cc1nn(C)c(C)c1CCC(NN)c1ccc(Cl)cc1. The van der Waals surface area contributed by atoms with E-state index >= 15 is 0 Å². The predicted molar refractivity (Wildman–Crippen MR) is 82.5 cm³/mol. The standard InChI is InChI=1S/C15H21ClN4/c1-10-14(11(2)20(3)19-10)8-9-15(18-17)12-4-6-13(16)7-5-12/h4-7,15,18H,8-9,17H2,1-3H3. The average molecular weight is 293 g/mol. The van der Waals surface area contributed by atoms with Crippen molar-refractivity contribution in [1.29, 1.82) is 0 Å². The summed E-state index contributed by atoms with van der Waals surface area (Å²) in [6.07, 6.45) is 1.87. The van der Waals surface area contributed by atoms with Gasteiger partial charge in [0.1, 0.15) is 0 Å². The van der Waals surface area contributed by atoms with E-state index in [0.29, 0.717) is 0 Å². The second kappa shape index (κ2) is 6.39. The van der Waals surface area contributed by atoms with Gasteiger partial charge in [-0.15, -0.1) is 0 Å². The van der Waals surface area contributed by atoms with Crippen LogP contribution in [0.2, 0.25) is 5.02 Å². The summed E-state index contributed by atoms with van der Waals surface area (Å²) >= 11 is 5.91. The Hall–Kier alpha value is -1.36. The largest absolute Gasteiger partial charge is 0.272 e. The molecule has 1 aromatic heterocycles. The minimum Gasteiger partial charge on any atom is -0.272 e.